The van der Waals surface area contributed by atoms with Crippen LogP contribution in [0, 0.1) is 12.3 Å². The molecule has 102 valence electrons. The third-order valence-electron chi connectivity index (χ3n) is 2.69. The molecule has 1 unspecified atom stereocenters. The SMILES string of the molecule is C#CCNC1CN(C(=O)OC(C)(C)C)C[C@@H]1OC. The van der Waals surface area contributed by atoms with Gasteiger partial charge in [-0.2, -0.15) is 0 Å². The van der Waals surface area contributed by atoms with E-state index in [2.05, 4.69) is 11.2 Å². The second-order valence-corrected chi connectivity index (χ2v) is 5.35. The van der Waals surface area contributed by atoms with E-state index in [9.17, 15) is 4.79 Å². The highest BCUT2D eigenvalue weighted by Crippen LogP contribution is 2.17. The van der Waals surface area contributed by atoms with Crippen LogP contribution in [0.3, 0.4) is 0 Å². The van der Waals surface area contributed by atoms with Crippen LogP contribution in [0.5, 0.6) is 0 Å². The minimum atomic E-state index is -0.482. The first-order valence-corrected chi connectivity index (χ1v) is 6.05. The fraction of sp³-hybridized carbons (Fsp3) is 0.769. The van der Waals surface area contributed by atoms with Gasteiger partial charge in [0.2, 0.25) is 0 Å². The number of likely N-dealkylation sites (tertiary alicyclic amines) is 1. The van der Waals surface area contributed by atoms with Crippen molar-refractivity contribution >= 4 is 6.09 Å². The number of rotatable bonds is 3. The number of nitrogens with one attached hydrogen (secondary N) is 1. The number of methoxy groups -OCH3 is 1. The van der Waals surface area contributed by atoms with E-state index in [0.29, 0.717) is 19.6 Å². The van der Waals surface area contributed by atoms with Crippen molar-refractivity contribution in [3.8, 4) is 12.3 Å². The van der Waals surface area contributed by atoms with Gasteiger partial charge in [-0.1, -0.05) is 5.92 Å². The van der Waals surface area contributed by atoms with Crippen molar-refractivity contribution in [2.45, 2.75) is 38.5 Å². The Balaban J connectivity index is 2.55. The van der Waals surface area contributed by atoms with Gasteiger partial charge in [-0.25, -0.2) is 4.79 Å². The molecule has 1 fully saturated rings. The lowest BCUT2D eigenvalue weighted by Crippen LogP contribution is -2.40. The molecule has 0 saturated carbocycles. The average Bonchev–Trinajstić information content (AvgIpc) is 2.67. The maximum Gasteiger partial charge on any atom is 0.410 e. The standard InChI is InChI=1S/C13H22N2O3/c1-6-7-14-10-8-15(9-11(10)17-5)12(16)18-13(2,3)4/h1,10-11,14H,7-9H2,2-5H3/t10?,11-/m0/s1. The largest absolute Gasteiger partial charge is 0.444 e. The van der Waals surface area contributed by atoms with Crippen molar-refractivity contribution < 1.29 is 14.3 Å². The molecule has 1 N–H and O–H groups in total. The molecular weight excluding hydrogens is 232 g/mol. The Morgan fingerprint density at radius 3 is 2.67 bits per heavy atom. The van der Waals surface area contributed by atoms with Crippen molar-refractivity contribution in [3.05, 3.63) is 0 Å². The number of hydrogen-bond donors (Lipinski definition) is 1. The van der Waals surface area contributed by atoms with E-state index in [4.69, 9.17) is 15.9 Å². The minimum absolute atomic E-state index is 0.0501. The normalized spacial score (nSPS) is 23.8. The fourth-order valence-corrected chi connectivity index (χ4v) is 1.87. The monoisotopic (exact) mass is 254 g/mol. The third kappa shape index (κ3) is 4.21. The molecule has 1 heterocycles. The maximum atomic E-state index is 11.9. The van der Waals surface area contributed by atoms with E-state index in [1.165, 1.54) is 0 Å². The molecule has 18 heavy (non-hydrogen) atoms. The minimum Gasteiger partial charge on any atom is -0.444 e. The van der Waals surface area contributed by atoms with Crippen LogP contribution in [0.1, 0.15) is 20.8 Å². The van der Waals surface area contributed by atoms with Gasteiger partial charge in [0.05, 0.1) is 25.2 Å². The Hall–Kier alpha value is -1.25. The molecule has 5 nitrogen and oxygen atoms in total. The number of ether oxygens (including phenoxy) is 2. The highest BCUT2D eigenvalue weighted by atomic mass is 16.6. The van der Waals surface area contributed by atoms with Crippen LogP contribution in [0.2, 0.25) is 0 Å². The average molecular weight is 254 g/mol. The summed E-state index contributed by atoms with van der Waals surface area (Å²) in [5, 5.41) is 3.17. The molecule has 0 radical (unpaired) electrons. The summed E-state index contributed by atoms with van der Waals surface area (Å²) in [6.45, 7) is 7.09. The number of nitrogens with zero attached hydrogens (tertiary/aromatic N) is 1. The molecule has 0 aromatic carbocycles. The van der Waals surface area contributed by atoms with Gasteiger partial charge in [-0.3, -0.25) is 5.32 Å². The number of terminal acetylenes is 1. The van der Waals surface area contributed by atoms with Gasteiger partial charge in [-0.05, 0) is 20.8 Å². The van der Waals surface area contributed by atoms with Crippen LogP contribution < -0.4 is 5.32 Å². The van der Waals surface area contributed by atoms with E-state index in [0.717, 1.165) is 0 Å². The summed E-state index contributed by atoms with van der Waals surface area (Å²) in [7, 11) is 1.63. The smallest absolute Gasteiger partial charge is 0.410 e. The van der Waals surface area contributed by atoms with Crippen LogP contribution in [-0.2, 0) is 9.47 Å². The number of hydrogen-bond acceptors (Lipinski definition) is 4. The molecule has 0 spiro atoms. The fourth-order valence-electron chi connectivity index (χ4n) is 1.87. The zero-order chi connectivity index (χ0) is 13.8. The third-order valence-corrected chi connectivity index (χ3v) is 2.69. The van der Waals surface area contributed by atoms with Crippen molar-refractivity contribution in [1.82, 2.24) is 10.2 Å². The molecule has 0 aliphatic carbocycles. The topological polar surface area (TPSA) is 50.8 Å². The summed E-state index contributed by atoms with van der Waals surface area (Å²) in [5.74, 6) is 2.52. The van der Waals surface area contributed by atoms with Crippen molar-refractivity contribution in [2.75, 3.05) is 26.7 Å². The number of carbonyl (C=O) groups excluding carboxylic acids is 1. The second-order valence-electron chi connectivity index (χ2n) is 5.35. The van der Waals surface area contributed by atoms with Gasteiger partial charge < -0.3 is 14.4 Å². The second kappa shape index (κ2) is 6.07. The molecule has 1 aliphatic rings. The Morgan fingerprint density at radius 2 is 2.17 bits per heavy atom. The van der Waals surface area contributed by atoms with E-state index in [1.807, 2.05) is 20.8 Å². The van der Waals surface area contributed by atoms with Crippen LogP contribution in [0.15, 0.2) is 0 Å². The van der Waals surface area contributed by atoms with Gasteiger partial charge in [-0.15, -0.1) is 6.42 Å². The van der Waals surface area contributed by atoms with E-state index in [1.54, 1.807) is 12.0 Å². The van der Waals surface area contributed by atoms with Crippen LogP contribution in [0.4, 0.5) is 4.79 Å². The predicted molar refractivity (Wildman–Crippen MR) is 69.2 cm³/mol. The van der Waals surface area contributed by atoms with E-state index < -0.39 is 5.60 Å². The first-order chi connectivity index (χ1) is 8.37. The van der Waals surface area contributed by atoms with E-state index >= 15 is 0 Å². The summed E-state index contributed by atoms with van der Waals surface area (Å²) in [5.41, 5.74) is -0.482. The number of amides is 1. The Bertz CT molecular complexity index is 330. The molecule has 0 bridgehead atoms. The highest BCUT2D eigenvalue weighted by molar-refractivity contribution is 5.68. The zero-order valence-electron chi connectivity index (χ0n) is 11.5. The first kappa shape index (κ1) is 14.8. The van der Waals surface area contributed by atoms with Crippen LogP contribution >= 0.6 is 0 Å². The number of carbonyl (C=O) groups is 1. The van der Waals surface area contributed by atoms with Crippen molar-refractivity contribution in [1.29, 1.82) is 0 Å². The molecular formula is C13H22N2O3. The van der Waals surface area contributed by atoms with Gasteiger partial charge in [0.1, 0.15) is 5.60 Å². The van der Waals surface area contributed by atoms with Gasteiger partial charge in [0.25, 0.3) is 0 Å². The summed E-state index contributed by atoms with van der Waals surface area (Å²) in [6.07, 6.45) is 4.85. The van der Waals surface area contributed by atoms with Gasteiger partial charge in [0.15, 0.2) is 0 Å². The molecule has 1 rings (SSSR count). The van der Waals surface area contributed by atoms with Crippen LogP contribution in [-0.4, -0.2) is 55.5 Å². The van der Waals surface area contributed by atoms with Gasteiger partial charge in [0, 0.05) is 13.7 Å². The Labute approximate surface area is 109 Å². The summed E-state index contributed by atoms with van der Waals surface area (Å²) in [6, 6.07) is 0.0542. The molecule has 1 aliphatic heterocycles. The summed E-state index contributed by atoms with van der Waals surface area (Å²) >= 11 is 0. The first-order valence-electron chi connectivity index (χ1n) is 6.05. The lowest BCUT2D eigenvalue weighted by Gasteiger charge is -2.24. The molecule has 0 aromatic heterocycles. The summed E-state index contributed by atoms with van der Waals surface area (Å²) in [4.78, 5) is 13.6. The Kier molecular flexibility index (Phi) is 5.00. The van der Waals surface area contributed by atoms with Gasteiger partial charge >= 0.3 is 6.09 Å². The molecule has 1 amide bonds. The van der Waals surface area contributed by atoms with Crippen molar-refractivity contribution in [2.24, 2.45) is 0 Å². The predicted octanol–water partition coefficient (Wildman–Crippen LogP) is 0.843. The van der Waals surface area contributed by atoms with Crippen LogP contribution in [0.25, 0.3) is 0 Å². The lowest BCUT2D eigenvalue weighted by atomic mass is 10.2. The van der Waals surface area contributed by atoms with Crippen molar-refractivity contribution in [3.63, 3.8) is 0 Å². The molecule has 1 saturated heterocycles. The lowest BCUT2D eigenvalue weighted by molar-refractivity contribution is 0.0252. The maximum absolute atomic E-state index is 11.9. The highest BCUT2D eigenvalue weighted by Gasteiger charge is 2.36. The Morgan fingerprint density at radius 1 is 1.50 bits per heavy atom. The quantitative estimate of drug-likeness (QED) is 0.758. The molecule has 2 atom stereocenters. The van der Waals surface area contributed by atoms with E-state index in [-0.39, 0.29) is 18.2 Å². The zero-order valence-corrected chi connectivity index (χ0v) is 11.5. The molecule has 5 heteroatoms. The molecule has 0 aromatic rings. The summed E-state index contributed by atoms with van der Waals surface area (Å²) < 4.78 is 10.7.